The van der Waals surface area contributed by atoms with Gasteiger partial charge in [-0.2, -0.15) is 0 Å². The van der Waals surface area contributed by atoms with Crippen LogP contribution in [0.3, 0.4) is 0 Å². The van der Waals surface area contributed by atoms with Gasteiger partial charge in [-0.25, -0.2) is 14.2 Å². The number of hydrogen-bond donors (Lipinski definition) is 1. The topological polar surface area (TPSA) is 64.3 Å². The van der Waals surface area contributed by atoms with Crippen molar-refractivity contribution in [3.8, 4) is 11.4 Å². The maximum atomic E-state index is 13.8. The lowest BCUT2D eigenvalue weighted by atomic mass is 10.1. The maximum absolute atomic E-state index is 13.8. The van der Waals surface area contributed by atoms with Crippen LogP contribution in [0.4, 0.5) is 4.39 Å². The molecule has 1 N–H and O–H groups in total. The van der Waals surface area contributed by atoms with Gasteiger partial charge in [-0.3, -0.25) is 4.57 Å². The molecule has 1 saturated carbocycles. The molecule has 0 spiro atoms. The fourth-order valence-electron chi connectivity index (χ4n) is 2.66. The first-order chi connectivity index (χ1) is 10.1. The highest BCUT2D eigenvalue weighted by atomic mass is 19.1. The molecular weight excluding hydrogens is 275 g/mol. The Kier molecular flexibility index (Phi) is 2.54. The van der Waals surface area contributed by atoms with E-state index in [1.807, 2.05) is 10.8 Å². The molecule has 21 heavy (non-hydrogen) atoms. The average Bonchev–Trinajstić information content (AvgIpc) is 3.22. The quantitative estimate of drug-likeness (QED) is 0.922. The number of aromatic carboxylic acids is 1. The lowest BCUT2D eigenvalue weighted by Crippen LogP contribution is -2.05. The normalized spacial score (nSPS) is 16.6. The fraction of sp³-hybridized carbons (Fsp3) is 0.333. The molecule has 2 heterocycles. The molecule has 1 aromatic carbocycles. The summed E-state index contributed by atoms with van der Waals surface area (Å²) in [5, 5.41) is 9.08. The summed E-state index contributed by atoms with van der Waals surface area (Å²) in [7, 11) is 0. The van der Waals surface area contributed by atoms with Gasteiger partial charge in [0.25, 0.3) is 0 Å². The Morgan fingerprint density at radius 3 is 2.95 bits per heavy atom. The van der Waals surface area contributed by atoms with Crippen molar-refractivity contribution in [3.05, 3.63) is 41.2 Å². The van der Waals surface area contributed by atoms with Gasteiger partial charge in [0.2, 0.25) is 0 Å². The van der Waals surface area contributed by atoms with Crippen molar-refractivity contribution in [3.63, 3.8) is 0 Å². The van der Waals surface area contributed by atoms with Crippen molar-refractivity contribution in [2.45, 2.75) is 25.2 Å². The second-order valence-electron chi connectivity index (χ2n) is 5.43. The van der Waals surface area contributed by atoms with Crippen LogP contribution in [0.25, 0.3) is 5.69 Å². The smallest absolute Gasteiger partial charge is 0.338 e. The summed E-state index contributed by atoms with van der Waals surface area (Å²) in [4.78, 5) is 15.7. The molecule has 0 saturated heterocycles. The van der Waals surface area contributed by atoms with E-state index in [0.29, 0.717) is 30.4 Å². The molecule has 1 aromatic heterocycles. The van der Waals surface area contributed by atoms with Crippen molar-refractivity contribution in [1.29, 1.82) is 0 Å². The third-order valence-electron chi connectivity index (χ3n) is 3.92. The first-order valence-electron chi connectivity index (χ1n) is 6.91. The number of imidazole rings is 1. The van der Waals surface area contributed by atoms with Gasteiger partial charge in [0.05, 0.1) is 23.6 Å². The van der Waals surface area contributed by atoms with Gasteiger partial charge in [0.1, 0.15) is 17.4 Å². The van der Waals surface area contributed by atoms with Crippen molar-refractivity contribution in [2.75, 3.05) is 6.61 Å². The van der Waals surface area contributed by atoms with Crippen LogP contribution in [0.1, 0.15) is 40.6 Å². The van der Waals surface area contributed by atoms with Crippen LogP contribution in [0, 0.1) is 5.82 Å². The first-order valence-corrected chi connectivity index (χ1v) is 6.91. The van der Waals surface area contributed by atoms with Crippen LogP contribution >= 0.6 is 0 Å². The van der Waals surface area contributed by atoms with E-state index < -0.39 is 11.8 Å². The van der Waals surface area contributed by atoms with Crippen LogP contribution in [-0.2, 0) is 6.42 Å². The number of aromatic nitrogens is 2. The number of halogens is 1. The van der Waals surface area contributed by atoms with Gasteiger partial charge in [0.15, 0.2) is 0 Å². The van der Waals surface area contributed by atoms with E-state index in [-0.39, 0.29) is 5.56 Å². The molecule has 2 aliphatic rings. The van der Waals surface area contributed by atoms with Crippen LogP contribution in [0.15, 0.2) is 18.3 Å². The summed E-state index contributed by atoms with van der Waals surface area (Å²) in [6, 6.07) is 2.46. The highest BCUT2D eigenvalue weighted by molar-refractivity contribution is 5.89. The lowest BCUT2D eigenvalue weighted by molar-refractivity contribution is 0.0692. The molecular formula is C15H13FN2O3. The third-order valence-corrected chi connectivity index (χ3v) is 3.92. The van der Waals surface area contributed by atoms with Crippen LogP contribution in [0.2, 0.25) is 0 Å². The van der Waals surface area contributed by atoms with Crippen molar-refractivity contribution < 1.29 is 19.0 Å². The monoisotopic (exact) mass is 288 g/mol. The average molecular weight is 288 g/mol. The summed E-state index contributed by atoms with van der Waals surface area (Å²) in [5.41, 5.74) is 1.21. The van der Waals surface area contributed by atoms with E-state index in [2.05, 4.69) is 4.98 Å². The Bertz CT molecular complexity index is 750. The number of carbonyl (C=O) groups is 1. The molecule has 4 rings (SSSR count). The molecule has 6 heteroatoms. The second kappa shape index (κ2) is 4.31. The molecule has 1 aliphatic heterocycles. The molecule has 0 radical (unpaired) electrons. The summed E-state index contributed by atoms with van der Waals surface area (Å²) >= 11 is 0. The number of nitrogens with zero attached hydrogens (tertiary/aromatic N) is 2. The molecule has 0 bridgehead atoms. The van der Waals surface area contributed by atoms with E-state index in [1.165, 1.54) is 6.07 Å². The number of carboxylic acids is 1. The first kappa shape index (κ1) is 12.4. The van der Waals surface area contributed by atoms with Crippen molar-refractivity contribution >= 4 is 5.97 Å². The van der Waals surface area contributed by atoms with Gasteiger partial charge < -0.3 is 9.84 Å². The predicted octanol–water partition coefficient (Wildman–Crippen LogP) is 2.52. The molecule has 2 aromatic rings. The SMILES string of the molecule is O=C(O)c1cc2c(cc1F)OCCc1nc(C3CC3)cn1-2. The van der Waals surface area contributed by atoms with Gasteiger partial charge in [-0.1, -0.05) is 0 Å². The number of benzene rings is 1. The largest absolute Gasteiger partial charge is 0.491 e. The predicted molar refractivity (Wildman–Crippen MR) is 71.7 cm³/mol. The Morgan fingerprint density at radius 2 is 2.24 bits per heavy atom. The zero-order chi connectivity index (χ0) is 14.6. The lowest BCUT2D eigenvalue weighted by Gasteiger charge is -2.10. The van der Waals surface area contributed by atoms with E-state index in [0.717, 1.165) is 30.4 Å². The number of ether oxygens (including phenoxy) is 1. The van der Waals surface area contributed by atoms with Gasteiger partial charge in [-0.15, -0.1) is 0 Å². The van der Waals surface area contributed by atoms with Gasteiger partial charge in [0, 0.05) is 24.6 Å². The highest BCUT2D eigenvalue weighted by Gasteiger charge is 2.29. The van der Waals surface area contributed by atoms with Gasteiger partial charge in [-0.05, 0) is 18.9 Å². The van der Waals surface area contributed by atoms with E-state index in [1.54, 1.807) is 0 Å². The minimum absolute atomic E-state index is 0.355. The Labute approximate surface area is 120 Å². The third kappa shape index (κ3) is 1.98. The Balaban J connectivity index is 1.91. The summed E-state index contributed by atoms with van der Waals surface area (Å²) < 4.78 is 21.2. The molecule has 1 aliphatic carbocycles. The van der Waals surface area contributed by atoms with E-state index in [9.17, 15) is 9.18 Å². The standard InChI is InChI=1S/C15H13FN2O3/c16-10-6-13-12(5-9(10)15(19)20)18-7-11(8-1-2-8)17-14(18)3-4-21-13/h5-8H,1-4H2,(H,19,20). The molecule has 1 fully saturated rings. The number of hydrogen-bond acceptors (Lipinski definition) is 3. The summed E-state index contributed by atoms with van der Waals surface area (Å²) in [6.45, 7) is 0.403. The minimum Gasteiger partial charge on any atom is -0.491 e. The zero-order valence-corrected chi connectivity index (χ0v) is 11.2. The Hall–Kier alpha value is -2.37. The van der Waals surface area contributed by atoms with E-state index >= 15 is 0 Å². The van der Waals surface area contributed by atoms with Crippen LogP contribution in [-0.4, -0.2) is 27.2 Å². The number of fused-ring (bicyclic) bond motifs is 3. The van der Waals surface area contributed by atoms with Crippen LogP contribution < -0.4 is 4.74 Å². The van der Waals surface area contributed by atoms with Crippen LogP contribution in [0.5, 0.6) is 5.75 Å². The van der Waals surface area contributed by atoms with Crippen molar-refractivity contribution in [1.82, 2.24) is 9.55 Å². The summed E-state index contributed by atoms with van der Waals surface area (Å²) in [6.07, 6.45) is 4.82. The molecule has 108 valence electrons. The Morgan fingerprint density at radius 1 is 1.43 bits per heavy atom. The molecule has 0 atom stereocenters. The maximum Gasteiger partial charge on any atom is 0.338 e. The number of rotatable bonds is 2. The fourth-order valence-corrected chi connectivity index (χ4v) is 2.66. The summed E-state index contributed by atoms with van der Waals surface area (Å²) in [5.74, 6) is -0.376. The molecule has 0 unspecified atom stereocenters. The molecule has 5 nitrogen and oxygen atoms in total. The van der Waals surface area contributed by atoms with Gasteiger partial charge >= 0.3 is 5.97 Å². The van der Waals surface area contributed by atoms with E-state index in [4.69, 9.17) is 9.84 Å². The molecule has 0 amide bonds. The zero-order valence-electron chi connectivity index (χ0n) is 11.2. The number of carboxylic acid groups (broad SMARTS) is 1. The van der Waals surface area contributed by atoms with Crippen molar-refractivity contribution in [2.24, 2.45) is 0 Å². The minimum atomic E-state index is -1.29. The highest BCUT2D eigenvalue weighted by Crippen LogP contribution is 2.40. The second-order valence-corrected chi connectivity index (χ2v) is 5.43.